The molecule has 0 unspecified atom stereocenters. The number of piperidine rings is 5. The molecule has 39 heteroatoms. The highest BCUT2D eigenvalue weighted by Crippen LogP contribution is 2.47. The van der Waals surface area contributed by atoms with Gasteiger partial charge in [-0.25, -0.2) is 4.39 Å². The van der Waals surface area contributed by atoms with Crippen LogP contribution in [0.2, 0.25) is 0 Å². The number of hydrogen-bond donors (Lipinski definition) is 3. The average Bonchev–Trinajstić information content (AvgIpc) is 1.61. The quantitative estimate of drug-likeness (QED) is 0.0962. The molecular weight excluding hydrogens is 1960 g/mol. The van der Waals surface area contributed by atoms with Gasteiger partial charge in [0.25, 0.3) is 29.5 Å². The van der Waals surface area contributed by atoms with Crippen molar-refractivity contribution >= 4 is 84.1 Å². The molecule has 0 spiro atoms. The first-order valence-electron chi connectivity index (χ1n) is 49.1. The Morgan fingerprint density at radius 1 is 0.309 bits per heavy atom. The van der Waals surface area contributed by atoms with Gasteiger partial charge in [0.05, 0.1) is 106 Å². The number of H-pyrrole nitrogens is 3. The van der Waals surface area contributed by atoms with Gasteiger partial charge in [0.15, 0.2) is 28.5 Å². The summed E-state index contributed by atoms with van der Waals surface area (Å²) in [7, 11) is 0. The number of likely N-dealkylation sites (tertiary alicyclic amines) is 5. The Labute approximate surface area is 843 Å². The fraction of sp³-hybridized carbons (Fsp3) is 0.355. The van der Waals surface area contributed by atoms with Gasteiger partial charge < -0.3 is 34.0 Å². The molecular formula is C110H102F16N16O7. The number of halogens is 16. The van der Waals surface area contributed by atoms with E-state index in [2.05, 4.69) is 40.8 Å². The maximum absolute atomic E-state index is 13.9. The van der Waals surface area contributed by atoms with Crippen molar-refractivity contribution in [2.24, 2.45) is 0 Å². The number of carbonyl (C=O) groups is 5. The number of ether oxygens (including phenoxy) is 2. The van der Waals surface area contributed by atoms with Crippen LogP contribution in [0.4, 0.5) is 70.2 Å². The van der Waals surface area contributed by atoms with E-state index in [4.69, 9.17) is 14.7 Å². The first-order chi connectivity index (χ1) is 71.2. The van der Waals surface area contributed by atoms with E-state index >= 15 is 0 Å². The molecule has 23 nitrogen and oxygen atoms in total. The lowest BCUT2D eigenvalue weighted by Crippen LogP contribution is -2.38. The van der Waals surface area contributed by atoms with Crippen molar-refractivity contribution < 1.29 is 104 Å². The summed E-state index contributed by atoms with van der Waals surface area (Å²) in [6, 6.07) is 57.2. The molecule has 22 rings (SSSR count). The molecule has 5 aromatic heterocycles. The van der Waals surface area contributed by atoms with E-state index in [1.807, 2.05) is 86.1 Å². The largest absolute Gasteiger partial charge is 0.416 e. The lowest BCUT2D eigenvalue weighted by atomic mass is 9.86. The predicted molar refractivity (Wildman–Crippen MR) is 523 cm³/mol. The van der Waals surface area contributed by atoms with E-state index in [0.717, 1.165) is 79.7 Å². The van der Waals surface area contributed by atoms with Gasteiger partial charge in [-0.1, -0.05) is 127 Å². The van der Waals surface area contributed by atoms with Crippen molar-refractivity contribution in [2.75, 3.05) is 91.9 Å². The van der Waals surface area contributed by atoms with E-state index in [1.165, 1.54) is 54.6 Å². The zero-order valence-electron chi connectivity index (χ0n) is 80.9. The van der Waals surface area contributed by atoms with Gasteiger partial charge in [-0.15, -0.1) is 0 Å². The average molecular weight is 2060 g/mol. The summed E-state index contributed by atoms with van der Waals surface area (Å²) in [5.41, 5.74) is 7.55. The highest BCUT2D eigenvalue weighted by atomic mass is 19.4. The molecule has 3 N–H and O–H groups in total. The zero-order chi connectivity index (χ0) is 105. The van der Waals surface area contributed by atoms with Crippen molar-refractivity contribution in [1.82, 2.24) is 74.7 Å². The number of aromatic amines is 3. The molecule has 0 atom stereocenters. The van der Waals surface area contributed by atoms with E-state index in [-0.39, 0.29) is 93.7 Å². The molecule has 7 aliphatic heterocycles. The summed E-state index contributed by atoms with van der Waals surface area (Å²) >= 11 is 0. The summed E-state index contributed by atoms with van der Waals surface area (Å²) in [5.74, 6) is -2.78. The second-order valence-electron chi connectivity index (χ2n) is 38.6. The molecule has 15 aromatic rings. The Morgan fingerprint density at radius 2 is 0.597 bits per heavy atom. The highest BCUT2D eigenvalue weighted by molar-refractivity contribution is 6.08. The minimum Gasteiger partial charge on any atom is -0.377 e. The van der Waals surface area contributed by atoms with Gasteiger partial charge in [0, 0.05) is 92.4 Å². The number of rotatable bonds is 12. The number of benzene rings is 10. The monoisotopic (exact) mass is 2060 g/mol. The second kappa shape index (κ2) is 43.2. The maximum Gasteiger partial charge on any atom is 0.416 e. The number of alkyl halides is 15. The number of aromatic nitrogens is 10. The van der Waals surface area contributed by atoms with Crippen molar-refractivity contribution in [3.63, 3.8) is 0 Å². The Balaban J connectivity index is 0.000000122. The third-order valence-corrected chi connectivity index (χ3v) is 29.0. The summed E-state index contributed by atoms with van der Waals surface area (Å²) < 4.78 is 228. The molecule has 12 heterocycles. The van der Waals surface area contributed by atoms with Crippen molar-refractivity contribution in [3.05, 3.63) is 324 Å². The zero-order valence-corrected chi connectivity index (χ0v) is 80.9. The van der Waals surface area contributed by atoms with Gasteiger partial charge >= 0.3 is 30.9 Å². The van der Waals surface area contributed by atoms with Gasteiger partial charge in [0.1, 0.15) is 5.82 Å². The normalized spacial score (nSPS) is 16.8. The standard InChI is InChI=1S/C24H24F3N3O2.C23H21F4N3O2.C21H17F3N4O.2C21H20F3N3O/c1-15-6-7-19-21(12-15)30(17-13-32-14-17)28-22(19)23(31)29-10-8-16(9-11-29)18-4-2-3-5-20(18)24(25,26)27;24-15-5-6-20-18(11-15)21(28-30(20)16-12-32-13-16)22(31)29-9-7-14(8-10-29)17-3-1-2-4-19(17)23(25,26)27;22-21(23,24)17-4-2-1-3-15(17)14-7-9-28(10-8-14)20(29)19-16-11-13(12-25)5-6-18(16)26-27-19;1-13-6-7-18-16(12-13)19(26-25-18)20(28)27-10-8-14(9-11-27)15-4-2-3-5-17(15)21(22,23)24;1-13-6-7-16-18(12-13)25-26-19(16)20(28)27-10-8-14(9-11-27)15-4-2-3-5-17(15)21(22,23)24/h2-7,12,16-17H,8-11,13-14H2,1H3;1-6,11,14,16H,7-10,12-13H2;1-6,11,14H,7-10H2,(H,26,27);2*2-7,12,14H,8-11H2,1H3,(H,25,26). The third-order valence-electron chi connectivity index (χ3n) is 29.0. The van der Waals surface area contributed by atoms with Crippen LogP contribution >= 0.6 is 0 Å². The fourth-order valence-corrected chi connectivity index (χ4v) is 21.1. The number of nitrogens with zero attached hydrogens (tertiary/aromatic N) is 13. The van der Waals surface area contributed by atoms with Gasteiger partial charge in [0.2, 0.25) is 0 Å². The topological polar surface area (TPSA) is 265 Å². The third kappa shape index (κ3) is 22.6. The van der Waals surface area contributed by atoms with Crippen LogP contribution in [0.3, 0.4) is 0 Å². The van der Waals surface area contributed by atoms with Crippen LogP contribution in [0.25, 0.3) is 54.5 Å². The van der Waals surface area contributed by atoms with E-state index in [0.29, 0.717) is 217 Å². The molecule has 0 saturated carbocycles. The van der Waals surface area contributed by atoms with Crippen LogP contribution in [0, 0.1) is 37.9 Å². The number of aryl methyl sites for hydroxylation is 3. The summed E-state index contributed by atoms with van der Waals surface area (Å²) in [6.07, 6.45) is -17.2. The minimum absolute atomic E-state index is 0.00545. The second-order valence-corrected chi connectivity index (χ2v) is 38.6. The fourth-order valence-electron chi connectivity index (χ4n) is 21.1. The lowest BCUT2D eigenvalue weighted by molar-refractivity contribution is -0.139. The Hall–Kier alpha value is -14.8. The molecule has 0 aliphatic carbocycles. The molecule has 7 aliphatic rings. The number of carbonyl (C=O) groups excluding carboxylic acids is 5. The Morgan fingerprint density at radius 3 is 0.940 bits per heavy atom. The van der Waals surface area contributed by atoms with E-state index < -0.39 is 64.5 Å². The molecule has 10 aromatic carbocycles. The van der Waals surface area contributed by atoms with Crippen LogP contribution in [0.1, 0.15) is 236 Å². The summed E-state index contributed by atoms with van der Waals surface area (Å²) in [4.78, 5) is 73.6. The molecule has 0 bridgehead atoms. The maximum atomic E-state index is 13.9. The van der Waals surface area contributed by atoms with E-state index in [1.54, 1.807) is 102 Å². The van der Waals surface area contributed by atoms with Crippen molar-refractivity contribution in [1.29, 1.82) is 5.26 Å². The first kappa shape index (κ1) is 104. The lowest BCUT2D eigenvalue weighted by Gasteiger charge is -2.33. The SMILES string of the molecule is Cc1ccc2[nH]nc(C(=O)N3CCC(c4ccccc4C(F)(F)F)CC3)c2c1.Cc1ccc2c(C(=O)N3CCC(c4ccccc4C(F)(F)F)CC3)n[nH]c2c1.Cc1ccc2c(C(=O)N3CCC(c4ccccc4C(F)(F)F)CC3)nn(C3COC3)c2c1.N#Cc1ccc2[nH]nc(C(=O)N3CCC(c4ccccc4C(F)(F)F)CC3)c2c1.O=C(c1nn(C2COC2)c2ccc(F)cc12)N1CCC(c2ccccc2C(F)(F)F)CC1. The van der Waals surface area contributed by atoms with Crippen molar-refractivity contribution in [2.45, 2.75) is 158 Å². The number of fused-ring (bicyclic) bond motifs is 5. The number of hydrogen-bond acceptors (Lipinski definition) is 13. The first-order valence-corrected chi connectivity index (χ1v) is 49.1. The molecule has 776 valence electrons. The van der Waals surface area contributed by atoms with Gasteiger partial charge in [-0.2, -0.15) is 96.6 Å². The van der Waals surface area contributed by atoms with Crippen LogP contribution in [0.5, 0.6) is 0 Å². The van der Waals surface area contributed by atoms with Crippen LogP contribution in [-0.2, 0) is 40.4 Å². The Kier molecular flexibility index (Phi) is 30.2. The van der Waals surface area contributed by atoms with Crippen LogP contribution in [0.15, 0.2) is 212 Å². The Bertz CT molecular complexity index is 7490. The number of nitriles is 1. The summed E-state index contributed by atoms with van der Waals surface area (Å²) in [5, 5.41) is 42.5. The van der Waals surface area contributed by atoms with Crippen molar-refractivity contribution in [3.8, 4) is 6.07 Å². The van der Waals surface area contributed by atoms with Gasteiger partial charge in [-0.05, 0) is 245 Å². The number of amides is 5. The minimum atomic E-state index is -4.41. The van der Waals surface area contributed by atoms with Crippen LogP contribution < -0.4 is 0 Å². The highest BCUT2D eigenvalue weighted by Gasteiger charge is 2.44. The van der Waals surface area contributed by atoms with Crippen LogP contribution in [-0.4, -0.2) is 196 Å². The molecule has 5 amide bonds. The predicted octanol–water partition coefficient (Wildman–Crippen LogP) is 24.0. The number of nitrogens with one attached hydrogen (secondary N) is 3. The molecule has 7 saturated heterocycles. The molecule has 7 fully saturated rings. The molecule has 0 radical (unpaired) electrons. The summed E-state index contributed by atoms with van der Waals surface area (Å²) in [6.45, 7) is 11.8. The molecule has 149 heavy (non-hydrogen) atoms. The smallest absolute Gasteiger partial charge is 0.377 e. The van der Waals surface area contributed by atoms with E-state index in [9.17, 15) is 94.2 Å². The van der Waals surface area contributed by atoms with Gasteiger partial charge in [-0.3, -0.25) is 48.6 Å².